The van der Waals surface area contributed by atoms with Crippen molar-refractivity contribution in [3.05, 3.63) is 53.9 Å². The highest BCUT2D eigenvalue weighted by molar-refractivity contribution is 5.85. The fourth-order valence-corrected chi connectivity index (χ4v) is 1.76. The van der Waals surface area contributed by atoms with Crippen LogP contribution in [0.3, 0.4) is 0 Å². The lowest BCUT2D eigenvalue weighted by atomic mass is 10.1. The second kappa shape index (κ2) is 8.35. The van der Waals surface area contributed by atoms with E-state index < -0.39 is 0 Å². The Morgan fingerprint density at radius 1 is 1.25 bits per heavy atom. The Balaban J connectivity index is 0.00000200. The minimum absolute atomic E-state index is 0. The molecule has 0 saturated heterocycles. The van der Waals surface area contributed by atoms with Crippen molar-refractivity contribution < 1.29 is 4.79 Å². The van der Waals surface area contributed by atoms with Gasteiger partial charge in [0.05, 0.1) is 6.54 Å². The minimum Gasteiger partial charge on any atom is -0.352 e. The second-order valence-electron chi connectivity index (χ2n) is 4.34. The predicted octanol–water partition coefficient (Wildman–Crippen LogP) is 1.32. The van der Waals surface area contributed by atoms with E-state index in [0.717, 1.165) is 12.1 Å². The normalized spacial score (nSPS) is 9.85. The van der Waals surface area contributed by atoms with Gasteiger partial charge in [0.25, 0.3) is 0 Å². The maximum absolute atomic E-state index is 11.3. The second-order valence-corrected chi connectivity index (χ2v) is 4.34. The maximum Gasteiger partial charge on any atom is 0.221 e. The topological polar surface area (TPSA) is 72.9 Å². The zero-order valence-electron chi connectivity index (χ0n) is 11.2. The highest BCUT2D eigenvalue weighted by Crippen LogP contribution is 2.06. The number of halogens is 1. The Morgan fingerprint density at radius 3 is 2.55 bits per heavy atom. The Morgan fingerprint density at radius 2 is 1.95 bits per heavy atom. The summed E-state index contributed by atoms with van der Waals surface area (Å²) in [6.07, 6.45) is 4.07. The molecule has 6 heteroatoms. The zero-order chi connectivity index (χ0) is 13.5. The van der Waals surface area contributed by atoms with Gasteiger partial charge < -0.3 is 11.1 Å². The van der Waals surface area contributed by atoms with E-state index in [2.05, 4.69) is 10.4 Å². The van der Waals surface area contributed by atoms with E-state index in [-0.39, 0.29) is 18.3 Å². The van der Waals surface area contributed by atoms with Crippen LogP contribution in [0, 0.1) is 0 Å². The van der Waals surface area contributed by atoms with E-state index in [9.17, 15) is 4.79 Å². The van der Waals surface area contributed by atoms with Crippen LogP contribution in [0.4, 0.5) is 0 Å². The summed E-state index contributed by atoms with van der Waals surface area (Å²) in [5, 5.41) is 6.99. The fraction of sp³-hybridized carbons (Fsp3) is 0.286. The molecule has 1 aromatic heterocycles. The van der Waals surface area contributed by atoms with Crippen LogP contribution in [-0.4, -0.2) is 22.2 Å². The average Bonchev–Trinajstić information content (AvgIpc) is 2.91. The quantitative estimate of drug-likeness (QED) is 0.844. The van der Waals surface area contributed by atoms with Gasteiger partial charge in [-0.1, -0.05) is 24.3 Å². The highest BCUT2D eigenvalue weighted by atomic mass is 35.5. The van der Waals surface area contributed by atoms with Crippen molar-refractivity contribution >= 4 is 18.3 Å². The number of carbonyl (C=O) groups excluding carboxylic acids is 1. The standard InChI is InChI=1S/C14H18N4O.ClH/c15-7-6-14(19)16-10-12-2-4-13(5-3-12)11-18-9-1-8-17-18;/h1-5,8-9H,6-7,10-11,15H2,(H,16,19);1H. The van der Waals surface area contributed by atoms with Gasteiger partial charge in [-0.05, 0) is 17.2 Å². The molecule has 0 aliphatic rings. The first kappa shape index (κ1) is 16.2. The lowest BCUT2D eigenvalue weighted by Gasteiger charge is -2.06. The van der Waals surface area contributed by atoms with Gasteiger partial charge in [-0.3, -0.25) is 9.48 Å². The van der Waals surface area contributed by atoms with E-state index in [0.29, 0.717) is 19.5 Å². The van der Waals surface area contributed by atoms with Gasteiger partial charge in [-0.2, -0.15) is 5.10 Å². The van der Waals surface area contributed by atoms with Gasteiger partial charge in [-0.25, -0.2) is 0 Å². The number of rotatable bonds is 6. The molecule has 1 aromatic carbocycles. The lowest BCUT2D eigenvalue weighted by Crippen LogP contribution is -2.24. The van der Waals surface area contributed by atoms with Crippen molar-refractivity contribution in [1.82, 2.24) is 15.1 Å². The molecule has 0 bridgehead atoms. The van der Waals surface area contributed by atoms with Crippen molar-refractivity contribution in [3.63, 3.8) is 0 Å². The molecule has 1 heterocycles. The van der Waals surface area contributed by atoms with Crippen LogP contribution in [0.2, 0.25) is 0 Å². The molecule has 20 heavy (non-hydrogen) atoms. The summed E-state index contributed by atoms with van der Waals surface area (Å²) < 4.78 is 1.87. The number of nitrogens with one attached hydrogen (secondary N) is 1. The highest BCUT2D eigenvalue weighted by Gasteiger charge is 2.00. The van der Waals surface area contributed by atoms with E-state index >= 15 is 0 Å². The number of nitrogens with zero attached hydrogens (tertiary/aromatic N) is 2. The monoisotopic (exact) mass is 294 g/mol. The number of aromatic nitrogens is 2. The number of carbonyl (C=O) groups is 1. The molecule has 0 spiro atoms. The maximum atomic E-state index is 11.3. The molecule has 0 unspecified atom stereocenters. The number of amides is 1. The summed E-state index contributed by atoms with van der Waals surface area (Å²) in [6.45, 7) is 1.68. The summed E-state index contributed by atoms with van der Waals surface area (Å²) in [4.78, 5) is 11.3. The van der Waals surface area contributed by atoms with Crippen LogP contribution in [0.25, 0.3) is 0 Å². The minimum atomic E-state index is -0.0110. The third-order valence-corrected chi connectivity index (χ3v) is 2.79. The molecule has 0 aliphatic carbocycles. The van der Waals surface area contributed by atoms with Crippen molar-refractivity contribution in [2.75, 3.05) is 6.54 Å². The van der Waals surface area contributed by atoms with Crippen molar-refractivity contribution in [1.29, 1.82) is 0 Å². The molecule has 0 aliphatic heterocycles. The molecule has 0 atom stereocenters. The number of hydrogen-bond acceptors (Lipinski definition) is 3. The summed E-state index contributed by atoms with van der Waals surface area (Å²) in [6, 6.07) is 10.0. The van der Waals surface area contributed by atoms with Crippen molar-refractivity contribution in [3.8, 4) is 0 Å². The Labute approximate surface area is 124 Å². The van der Waals surface area contributed by atoms with E-state index in [1.54, 1.807) is 6.20 Å². The van der Waals surface area contributed by atoms with Crippen LogP contribution in [0.15, 0.2) is 42.7 Å². The van der Waals surface area contributed by atoms with Crippen LogP contribution in [0.5, 0.6) is 0 Å². The smallest absolute Gasteiger partial charge is 0.221 e. The molecule has 1 amide bonds. The van der Waals surface area contributed by atoms with Crippen LogP contribution < -0.4 is 11.1 Å². The largest absolute Gasteiger partial charge is 0.352 e. The predicted molar refractivity (Wildman–Crippen MR) is 80.5 cm³/mol. The first-order chi connectivity index (χ1) is 9.28. The summed E-state index contributed by atoms with van der Waals surface area (Å²) in [7, 11) is 0. The van der Waals surface area contributed by atoms with E-state index in [1.807, 2.05) is 41.2 Å². The third-order valence-electron chi connectivity index (χ3n) is 2.79. The van der Waals surface area contributed by atoms with Gasteiger partial charge in [0.1, 0.15) is 0 Å². The zero-order valence-corrected chi connectivity index (χ0v) is 12.0. The lowest BCUT2D eigenvalue weighted by molar-refractivity contribution is -0.121. The Hall–Kier alpha value is -1.85. The summed E-state index contributed by atoms with van der Waals surface area (Å²) in [5.74, 6) is -0.0110. The molecular weight excluding hydrogens is 276 g/mol. The van der Waals surface area contributed by atoms with Crippen LogP contribution in [0.1, 0.15) is 17.5 Å². The number of benzene rings is 1. The summed E-state index contributed by atoms with van der Waals surface area (Å²) in [5.41, 5.74) is 7.57. The third kappa shape index (κ3) is 5.03. The molecular formula is C14H19ClN4O. The van der Waals surface area contributed by atoms with E-state index in [1.165, 1.54) is 5.56 Å². The molecule has 108 valence electrons. The molecule has 5 nitrogen and oxygen atoms in total. The fourth-order valence-electron chi connectivity index (χ4n) is 1.76. The molecule has 2 aromatic rings. The van der Waals surface area contributed by atoms with Gasteiger partial charge in [-0.15, -0.1) is 12.4 Å². The van der Waals surface area contributed by atoms with Crippen molar-refractivity contribution in [2.24, 2.45) is 5.73 Å². The SMILES string of the molecule is Cl.NCCC(=O)NCc1ccc(Cn2cccn2)cc1. The van der Waals surface area contributed by atoms with E-state index in [4.69, 9.17) is 5.73 Å². The molecule has 3 N–H and O–H groups in total. The first-order valence-electron chi connectivity index (χ1n) is 6.30. The Kier molecular flexibility index (Phi) is 6.76. The molecule has 0 radical (unpaired) electrons. The number of hydrogen-bond donors (Lipinski definition) is 2. The van der Waals surface area contributed by atoms with Gasteiger partial charge >= 0.3 is 0 Å². The average molecular weight is 295 g/mol. The Bertz CT molecular complexity index is 510. The van der Waals surface area contributed by atoms with Gasteiger partial charge in [0.2, 0.25) is 5.91 Å². The van der Waals surface area contributed by atoms with Crippen LogP contribution >= 0.6 is 12.4 Å². The number of nitrogens with two attached hydrogens (primary N) is 1. The molecule has 0 fully saturated rings. The van der Waals surface area contributed by atoms with Crippen LogP contribution in [-0.2, 0) is 17.9 Å². The summed E-state index contributed by atoms with van der Waals surface area (Å²) >= 11 is 0. The molecule has 0 saturated carbocycles. The first-order valence-corrected chi connectivity index (χ1v) is 6.30. The van der Waals surface area contributed by atoms with Gasteiger partial charge in [0.15, 0.2) is 0 Å². The van der Waals surface area contributed by atoms with Gasteiger partial charge in [0, 0.05) is 31.9 Å². The van der Waals surface area contributed by atoms with Crippen molar-refractivity contribution in [2.45, 2.75) is 19.5 Å². The molecule has 2 rings (SSSR count).